The molecule has 0 amide bonds. The molecule has 3 aromatic carbocycles. The molecule has 0 aromatic heterocycles. The largest absolute Gasteiger partial charge is 0.283 e. The van der Waals surface area contributed by atoms with Crippen LogP contribution in [0.4, 0.5) is 17.1 Å². The third kappa shape index (κ3) is 6.17. The summed E-state index contributed by atoms with van der Waals surface area (Å²) in [5, 5.41) is 11.3. The van der Waals surface area contributed by atoms with Crippen molar-refractivity contribution >= 4 is 48.7 Å². The van der Waals surface area contributed by atoms with Gasteiger partial charge in [0.25, 0.3) is 15.7 Å². The molecule has 162 valence electrons. The molecule has 3 aromatic rings. The fraction of sp³-hybridized carbons (Fsp3) is 0.0526. The van der Waals surface area contributed by atoms with Crippen molar-refractivity contribution in [1.82, 2.24) is 0 Å². The molecule has 0 aliphatic heterocycles. The number of nitro groups is 1. The molecule has 2 N–H and O–H groups in total. The highest BCUT2D eigenvalue weighted by Crippen LogP contribution is 2.21. The van der Waals surface area contributed by atoms with Gasteiger partial charge in [-0.1, -0.05) is 23.7 Å². The molecule has 0 aliphatic carbocycles. The summed E-state index contributed by atoms with van der Waals surface area (Å²) in [6.07, 6.45) is 0. The van der Waals surface area contributed by atoms with E-state index in [-0.39, 0.29) is 21.8 Å². The van der Waals surface area contributed by atoms with E-state index >= 15 is 0 Å². The number of benzene rings is 3. The molecule has 0 fully saturated rings. The number of nitrogens with zero attached hydrogens (tertiary/aromatic N) is 1. The highest BCUT2D eigenvalue weighted by Gasteiger charge is 2.17. The highest BCUT2D eigenvalue weighted by molar-refractivity contribution is 7.92. The van der Waals surface area contributed by atoms with E-state index < -0.39 is 30.7 Å². The van der Waals surface area contributed by atoms with Crippen LogP contribution in [0.25, 0.3) is 0 Å². The number of anilines is 2. The van der Waals surface area contributed by atoms with Gasteiger partial charge in [0.15, 0.2) is 0 Å². The first kappa shape index (κ1) is 22.5. The number of nitro benzene ring substituents is 1. The molecule has 31 heavy (non-hydrogen) atoms. The first-order chi connectivity index (χ1) is 14.5. The molecule has 0 saturated heterocycles. The zero-order valence-corrected chi connectivity index (χ0v) is 18.1. The summed E-state index contributed by atoms with van der Waals surface area (Å²) in [5.41, 5.74) is 0.505. The lowest BCUT2D eigenvalue weighted by atomic mass is 10.2. The van der Waals surface area contributed by atoms with Crippen LogP contribution in [-0.4, -0.2) is 21.8 Å². The van der Waals surface area contributed by atoms with Crippen molar-refractivity contribution in [3.63, 3.8) is 0 Å². The number of hydrogen-bond acceptors (Lipinski definition) is 6. The lowest BCUT2D eigenvalue weighted by molar-refractivity contribution is -0.384. The molecule has 0 atom stereocenters. The van der Waals surface area contributed by atoms with Crippen molar-refractivity contribution in [3.8, 4) is 0 Å². The molecule has 0 aliphatic rings. The van der Waals surface area contributed by atoms with E-state index in [0.717, 1.165) is 0 Å². The Morgan fingerprint density at radius 3 is 2.03 bits per heavy atom. The van der Waals surface area contributed by atoms with Crippen LogP contribution in [0.2, 0.25) is 5.02 Å². The molecule has 0 saturated carbocycles. The Labute approximate surface area is 183 Å². The van der Waals surface area contributed by atoms with Gasteiger partial charge < -0.3 is 0 Å². The van der Waals surface area contributed by atoms with Gasteiger partial charge in [-0.25, -0.2) is 16.8 Å². The topological polar surface area (TPSA) is 135 Å². The molecule has 0 radical (unpaired) electrons. The van der Waals surface area contributed by atoms with E-state index in [1.54, 1.807) is 12.1 Å². The summed E-state index contributed by atoms with van der Waals surface area (Å²) in [6, 6.07) is 16.5. The van der Waals surface area contributed by atoms with E-state index in [1.807, 2.05) is 0 Å². The third-order valence-corrected chi connectivity index (χ3v) is 6.92. The Morgan fingerprint density at radius 2 is 1.42 bits per heavy atom. The predicted molar refractivity (Wildman–Crippen MR) is 118 cm³/mol. The average molecular weight is 482 g/mol. The first-order valence-corrected chi connectivity index (χ1v) is 12.2. The number of rotatable bonds is 8. The Morgan fingerprint density at radius 1 is 0.839 bits per heavy atom. The number of sulfonamides is 2. The minimum atomic E-state index is -3.88. The maximum absolute atomic E-state index is 12.5. The standard InChI is InChI=1S/C19H16ClN3O6S2/c20-15-4-6-17(7-5-15)22-31(28,29)19-10-8-16(9-11-19)21-30(26,27)13-14-2-1-3-18(12-14)23(24)25/h1-12,21-22H,13H2. The first-order valence-electron chi connectivity index (χ1n) is 8.66. The smallest absolute Gasteiger partial charge is 0.269 e. The Kier molecular flexibility index (Phi) is 6.48. The van der Waals surface area contributed by atoms with Crippen molar-refractivity contribution in [3.05, 3.63) is 93.5 Å². The minimum absolute atomic E-state index is 0.0657. The second-order valence-electron chi connectivity index (χ2n) is 6.42. The molecule has 12 heteroatoms. The van der Waals surface area contributed by atoms with Gasteiger partial charge in [-0.05, 0) is 54.1 Å². The number of hydrogen-bond donors (Lipinski definition) is 2. The molecule has 3 rings (SSSR count). The van der Waals surface area contributed by atoms with Gasteiger partial charge in [-0.2, -0.15) is 0 Å². The SMILES string of the molecule is O=[N+]([O-])c1cccc(CS(=O)(=O)Nc2ccc(S(=O)(=O)Nc3ccc(Cl)cc3)cc2)c1. The van der Waals surface area contributed by atoms with Crippen molar-refractivity contribution in [2.75, 3.05) is 9.44 Å². The monoisotopic (exact) mass is 481 g/mol. The van der Waals surface area contributed by atoms with E-state index in [0.29, 0.717) is 10.7 Å². The molecular formula is C19H16ClN3O6S2. The van der Waals surface area contributed by atoms with Crippen LogP contribution in [0.1, 0.15) is 5.56 Å². The Bertz CT molecular complexity index is 1310. The molecule has 9 nitrogen and oxygen atoms in total. The number of nitrogens with one attached hydrogen (secondary N) is 2. The summed E-state index contributed by atoms with van der Waals surface area (Å²) < 4.78 is 54.4. The van der Waals surface area contributed by atoms with Crippen LogP contribution in [0.3, 0.4) is 0 Å². The zero-order valence-electron chi connectivity index (χ0n) is 15.7. The minimum Gasteiger partial charge on any atom is -0.283 e. The fourth-order valence-electron chi connectivity index (χ4n) is 2.63. The van der Waals surface area contributed by atoms with Crippen LogP contribution in [-0.2, 0) is 25.8 Å². The third-order valence-electron chi connectivity index (χ3n) is 4.01. The van der Waals surface area contributed by atoms with Gasteiger partial charge in [0.2, 0.25) is 10.0 Å². The van der Waals surface area contributed by atoms with Crippen molar-refractivity contribution in [1.29, 1.82) is 0 Å². The quantitative estimate of drug-likeness (QED) is 0.369. The Hall–Kier alpha value is -3.15. The summed E-state index contributed by atoms with van der Waals surface area (Å²) in [6.45, 7) is 0. The maximum Gasteiger partial charge on any atom is 0.269 e. The van der Waals surface area contributed by atoms with Gasteiger partial charge in [0.1, 0.15) is 0 Å². The van der Waals surface area contributed by atoms with Gasteiger partial charge in [0, 0.05) is 28.5 Å². The summed E-state index contributed by atoms with van der Waals surface area (Å²) in [4.78, 5) is 10.2. The molecule has 0 heterocycles. The second kappa shape index (κ2) is 8.92. The Balaban J connectivity index is 1.71. The van der Waals surface area contributed by atoms with Crippen LogP contribution >= 0.6 is 11.6 Å². The lowest BCUT2D eigenvalue weighted by Gasteiger charge is -2.11. The van der Waals surface area contributed by atoms with Crippen LogP contribution in [0.15, 0.2) is 77.7 Å². The number of non-ortho nitro benzene ring substituents is 1. The highest BCUT2D eigenvalue weighted by atomic mass is 35.5. The predicted octanol–water partition coefficient (Wildman–Crippen LogP) is 3.99. The number of halogens is 1. The average Bonchev–Trinajstić information content (AvgIpc) is 2.69. The van der Waals surface area contributed by atoms with Crippen molar-refractivity contribution < 1.29 is 21.8 Å². The van der Waals surface area contributed by atoms with Crippen LogP contribution in [0.5, 0.6) is 0 Å². The van der Waals surface area contributed by atoms with E-state index in [1.165, 1.54) is 60.7 Å². The van der Waals surface area contributed by atoms with Gasteiger partial charge >= 0.3 is 0 Å². The maximum atomic E-state index is 12.5. The van der Waals surface area contributed by atoms with Gasteiger partial charge in [-0.3, -0.25) is 19.6 Å². The molecule has 0 unspecified atom stereocenters. The van der Waals surface area contributed by atoms with E-state index in [4.69, 9.17) is 11.6 Å². The van der Waals surface area contributed by atoms with Gasteiger partial charge in [0.05, 0.1) is 15.6 Å². The van der Waals surface area contributed by atoms with Crippen LogP contribution in [0, 0.1) is 10.1 Å². The van der Waals surface area contributed by atoms with Crippen LogP contribution < -0.4 is 9.44 Å². The van der Waals surface area contributed by atoms with E-state index in [2.05, 4.69) is 9.44 Å². The van der Waals surface area contributed by atoms with E-state index in [9.17, 15) is 26.9 Å². The summed E-state index contributed by atoms with van der Waals surface area (Å²) in [5.74, 6) is -0.479. The normalized spacial score (nSPS) is 11.6. The van der Waals surface area contributed by atoms with Gasteiger partial charge in [-0.15, -0.1) is 0 Å². The summed E-state index contributed by atoms with van der Waals surface area (Å²) >= 11 is 5.78. The molecular weight excluding hydrogens is 466 g/mol. The molecule has 0 spiro atoms. The summed E-state index contributed by atoms with van der Waals surface area (Å²) in [7, 11) is -7.76. The lowest BCUT2D eigenvalue weighted by Crippen LogP contribution is -2.16. The molecule has 0 bridgehead atoms. The zero-order chi connectivity index (χ0) is 22.6. The van der Waals surface area contributed by atoms with Crippen molar-refractivity contribution in [2.45, 2.75) is 10.6 Å². The second-order valence-corrected chi connectivity index (χ2v) is 10.3. The van der Waals surface area contributed by atoms with Crippen molar-refractivity contribution in [2.24, 2.45) is 0 Å². The fourth-order valence-corrected chi connectivity index (χ4v) is 5.00.